The number of carbonyl (C=O) groups excluding carboxylic acids is 1. The molecular weight excluding hydrogens is 208 g/mol. The van der Waals surface area contributed by atoms with Crippen molar-refractivity contribution < 1.29 is 9.53 Å². The number of aromatic nitrogens is 3. The highest BCUT2D eigenvalue weighted by atomic mass is 16.5. The Morgan fingerprint density at radius 1 is 1.56 bits per heavy atom. The summed E-state index contributed by atoms with van der Waals surface area (Å²) in [4.78, 5) is 13.4. The number of aryl methyl sites for hydroxylation is 1. The standard InChI is InChI=1S/C10H18N4O2/c1-13(6-3-9-16-2)10(15)4-7-14-8-5-11-12-14/h5,8H,3-4,6-7,9H2,1-2H3. The minimum atomic E-state index is 0.117. The van der Waals surface area contributed by atoms with Crippen LogP contribution < -0.4 is 0 Å². The number of nitrogens with zero attached hydrogens (tertiary/aromatic N) is 4. The van der Waals surface area contributed by atoms with Gasteiger partial charge in [0.25, 0.3) is 0 Å². The van der Waals surface area contributed by atoms with Gasteiger partial charge >= 0.3 is 0 Å². The Kier molecular flexibility index (Phi) is 5.49. The summed E-state index contributed by atoms with van der Waals surface area (Å²) in [6.07, 6.45) is 4.67. The number of carbonyl (C=O) groups is 1. The minimum absolute atomic E-state index is 0.117. The van der Waals surface area contributed by atoms with Gasteiger partial charge in [-0.15, -0.1) is 5.10 Å². The maximum Gasteiger partial charge on any atom is 0.224 e. The maximum atomic E-state index is 11.7. The van der Waals surface area contributed by atoms with Gasteiger partial charge in [-0.25, -0.2) is 0 Å². The minimum Gasteiger partial charge on any atom is -0.385 e. The van der Waals surface area contributed by atoms with Gasteiger partial charge in [-0.1, -0.05) is 5.21 Å². The molecule has 1 aromatic heterocycles. The Morgan fingerprint density at radius 2 is 2.38 bits per heavy atom. The zero-order chi connectivity index (χ0) is 11.8. The molecule has 0 saturated heterocycles. The Morgan fingerprint density at radius 3 is 3.00 bits per heavy atom. The lowest BCUT2D eigenvalue weighted by Crippen LogP contribution is -2.29. The third-order valence-electron chi connectivity index (χ3n) is 2.29. The molecule has 0 unspecified atom stereocenters. The first-order valence-electron chi connectivity index (χ1n) is 5.31. The summed E-state index contributed by atoms with van der Waals surface area (Å²) in [6, 6.07) is 0. The van der Waals surface area contributed by atoms with E-state index in [-0.39, 0.29) is 5.91 Å². The summed E-state index contributed by atoms with van der Waals surface area (Å²) >= 11 is 0. The van der Waals surface area contributed by atoms with Gasteiger partial charge in [0, 0.05) is 39.9 Å². The molecule has 0 N–H and O–H groups in total. The quantitative estimate of drug-likeness (QED) is 0.621. The van der Waals surface area contributed by atoms with Crippen molar-refractivity contribution in [2.75, 3.05) is 27.3 Å². The molecule has 0 aliphatic heterocycles. The molecule has 0 bridgehead atoms. The summed E-state index contributed by atoms with van der Waals surface area (Å²) in [5, 5.41) is 7.48. The first kappa shape index (κ1) is 12.6. The highest BCUT2D eigenvalue weighted by Gasteiger charge is 2.08. The van der Waals surface area contributed by atoms with Crippen molar-refractivity contribution in [3.05, 3.63) is 12.4 Å². The number of ether oxygens (including phenoxy) is 1. The summed E-state index contributed by atoms with van der Waals surface area (Å²) in [5.41, 5.74) is 0. The van der Waals surface area contributed by atoms with E-state index in [1.54, 1.807) is 36.1 Å². The first-order chi connectivity index (χ1) is 7.74. The number of hydrogen-bond donors (Lipinski definition) is 0. The SMILES string of the molecule is COCCCN(C)C(=O)CCn1ccnn1. The van der Waals surface area contributed by atoms with Crippen LogP contribution in [0.4, 0.5) is 0 Å². The fraction of sp³-hybridized carbons (Fsp3) is 0.700. The average Bonchev–Trinajstić information content (AvgIpc) is 2.79. The molecule has 0 spiro atoms. The van der Waals surface area contributed by atoms with Crippen molar-refractivity contribution in [2.24, 2.45) is 0 Å². The average molecular weight is 226 g/mol. The smallest absolute Gasteiger partial charge is 0.224 e. The Bertz CT molecular complexity index is 300. The molecule has 1 rings (SSSR count). The lowest BCUT2D eigenvalue weighted by molar-refractivity contribution is -0.130. The third kappa shape index (κ3) is 4.39. The van der Waals surface area contributed by atoms with Gasteiger partial charge in [-0.05, 0) is 6.42 Å². The van der Waals surface area contributed by atoms with E-state index < -0.39 is 0 Å². The van der Waals surface area contributed by atoms with Crippen LogP contribution in [0.25, 0.3) is 0 Å². The van der Waals surface area contributed by atoms with E-state index in [0.29, 0.717) is 19.6 Å². The van der Waals surface area contributed by atoms with Crippen molar-refractivity contribution in [2.45, 2.75) is 19.4 Å². The highest BCUT2D eigenvalue weighted by Crippen LogP contribution is 1.96. The van der Waals surface area contributed by atoms with Crippen LogP contribution in [-0.4, -0.2) is 53.1 Å². The normalized spacial score (nSPS) is 10.4. The predicted molar refractivity (Wildman–Crippen MR) is 58.8 cm³/mol. The summed E-state index contributed by atoms with van der Waals surface area (Å²) in [5.74, 6) is 0.117. The highest BCUT2D eigenvalue weighted by molar-refractivity contribution is 5.75. The Labute approximate surface area is 95.2 Å². The van der Waals surface area contributed by atoms with E-state index in [1.807, 2.05) is 0 Å². The van der Waals surface area contributed by atoms with Crippen molar-refractivity contribution in [1.29, 1.82) is 0 Å². The van der Waals surface area contributed by atoms with E-state index in [2.05, 4.69) is 10.3 Å². The molecule has 0 radical (unpaired) electrons. The fourth-order valence-electron chi connectivity index (χ4n) is 1.32. The Balaban J connectivity index is 2.18. The molecule has 1 aromatic rings. The Hall–Kier alpha value is -1.43. The zero-order valence-electron chi connectivity index (χ0n) is 9.80. The van der Waals surface area contributed by atoms with Crippen molar-refractivity contribution in [3.63, 3.8) is 0 Å². The van der Waals surface area contributed by atoms with Gasteiger partial charge in [0.15, 0.2) is 0 Å². The fourth-order valence-corrected chi connectivity index (χ4v) is 1.32. The van der Waals surface area contributed by atoms with E-state index >= 15 is 0 Å². The summed E-state index contributed by atoms with van der Waals surface area (Å²) in [7, 11) is 3.46. The second kappa shape index (κ2) is 6.95. The monoisotopic (exact) mass is 226 g/mol. The molecule has 6 heteroatoms. The molecule has 0 aromatic carbocycles. The van der Waals surface area contributed by atoms with Crippen LogP contribution in [0.3, 0.4) is 0 Å². The molecule has 0 aliphatic carbocycles. The van der Waals surface area contributed by atoms with Gasteiger partial charge < -0.3 is 9.64 Å². The number of amides is 1. The molecule has 6 nitrogen and oxygen atoms in total. The first-order valence-corrected chi connectivity index (χ1v) is 5.31. The second-order valence-electron chi connectivity index (χ2n) is 3.58. The number of rotatable bonds is 7. The molecule has 16 heavy (non-hydrogen) atoms. The van der Waals surface area contributed by atoms with Crippen LogP contribution in [0, 0.1) is 0 Å². The molecule has 0 saturated carbocycles. The second-order valence-corrected chi connectivity index (χ2v) is 3.58. The zero-order valence-corrected chi connectivity index (χ0v) is 9.80. The lowest BCUT2D eigenvalue weighted by atomic mass is 10.3. The molecule has 0 aliphatic rings. The van der Waals surface area contributed by atoms with Crippen LogP contribution >= 0.6 is 0 Å². The summed E-state index contributed by atoms with van der Waals surface area (Å²) in [6.45, 7) is 1.98. The molecule has 0 atom stereocenters. The van der Waals surface area contributed by atoms with E-state index in [4.69, 9.17) is 4.74 Å². The van der Waals surface area contributed by atoms with Crippen LogP contribution in [0.1, 0.15) is 12.8 Å². The molecule has 0 fully saturated rings. The summed E-state index contributed by atoms with van der Waals surface area (Å²) < 4.78 is 6.58. The lowest BCUT2D eigenvalue weighted by Gasteiger charge is -2.16. The van der Waals surface area contributed by atoms with Crippen molar-refractivity contribution in [3.8, 4) is 0 Å². The maximum absolute atomic E-state index is 11.7. The van der Waals surface area contributed by atoms with Gasteiger partial charge in [-0.2, -0.15) is 0 Å². The third-order valence-corrected chi connectivity index (χ3v) is 2.29. The van der Waals surface area contributed by atoms with E-state index in [1.165, 1.54) is 0 Å². The number of hydrogen-bond acceptors (Lipinski definition) is 4. The van der Waals surface area contributed by atoms with E-state index in [0.717, 1.165) is 13.0 Å². The largest absolute Gasteiger partial charge is 0.385 e. The van der Waals surface area contributed by atoms with Crippen LogP contribution in [0.2, 0.25) is 0 Å². The molecular formula is C10H18N4O2. The van der Waals surface area contributed by atoms with Crippen molar-refractivity contribution >= 4 is 5.91 Å². The van der Waals surface area contributed by atoms with Gasteiger partial charge in [0.1, 0.15) is 0 Å². The molecule has 90 valence electrons. The van der Waals surface area contributed by atoms with E-state index in [9.17, 15) is 4.79 Å². The van der Waals surface area contributed by atoms with Gasteiger partial charge in [-0.3, -0.25) is 9.48 Å². The topological polar surface area (TPSA) is 60.2 Å². The van der Waals surface area contributed by atoms with Crippen LogP contribution in [0.5, 0.6) is 0 Å². The number of methoxy groups -OCH3 is 1. The van der Waals surface area contributed by atoms with Gasteiger partial charge in [0.2, 0.25) is 5.91 Å². The van der Waals surface area contributed by atoms with Crippen LogP contribution in [-0.2, 0) is 16.1 Å². The molecule has 1 heterocycles. The predicted octanol–water partition coefficient (Wildman–Crippen LogP) is 0.163. The van der Waals surface area contributed by atoms with Gasteiger partial charge in [0.05, 0.1) is 12.7 Å². The van der Waals surface area contributed by atoms with Crippen molar-refractivity contribution in [1.82, 2.24) is 19.9 Å². The molecule has 1 amide bonds. The van der Waals surface area contributed by atoms with Crippen LogP contribution in [0.15, 0.2) is 12.4 Å².